The van der Waals surface area contributed by atoms with Gasteiger partial charge in [-0.15, -0.1) is 0 Å². The van der Waals surface area contributed by atoms with Gasteiger partial charge in [-0.1, -0.05) is 60.7 Å². The number of pyridine rings is 1. The van der Waals surface area contributed by atoms with E-state index in [0.717, 1.165) is 22.5 Å². The molecular weight excluding hydrogens is 256 g/mol. The first kappa shape index (κ1) is 13.5. The molecule has 3 aromatic rings. The lowest BCUT2D eigenvalue weighted by Gasteiger charge is -2.12. The Kier molecular flexibility index (Phi) is 3.80. The summed E-state index contributed by atoms with van der Waals surface area (Å²) in [6.07, 6.45) is 0. The van der Waals surface area contributed by atoms with E-state index in [1.165, 1.54) is 5.56 Å². The molecular formula is C19H18N2. The summed E-state index contributed by atoms with van der Waals surface area (Å²) in [6, 6.07) is 24.6. The molecule has 0 bridgehead atoms. The van der Waals surface area contributed by atoms with Crippen LogP contribution in [0.4, 0.5) is 0 Å². The Hall–Kier alpha value is -2.45. The van der Waals surface area contributed by atoms with Crippen LogP contribution in [0.1, 0.15) is 18.7 Å². The first-order chi connectivity index (χ1) is 10.2. The Bertz CT molecular complexity index is 661. The standard InChI is InChI=1S/C19H18N2/c1-14(20)18-12-17(15-8-4-2-5-9-15)13-19(21-18)16-10-6-3-7-11-16/h2-14H,20H2,1H3. The van der Waals surface area contributed by atoms with Crippen molar-refractivity contribution in [1.82, 2.24) is 4.98 Å². The molecule has 0 radical (unpaired) electrons. The lowest BCUT2D eigenvalue weighted by Crippen LogP contribution is -2.08. The summed E-state index contributed by atoms with van der Waals surface area (Å²) >= 11 is 0. The zero-order chi connectivity index (χ0) is 14.7. The van der Waals surface area contributed by atoms with Crippen LogP contribution in [0, 0.1) is 0 Å². The summed E-state index contributed by atoms with van der Waals surface area (Å²) in [7, 11) is 0. The van der Waals surface area contributed by atoms with E-state index in [1.807, 2.05) is 43.3 Å². The second kappa shape index (κ2) is 5.90. The Morgan fingerprint density at radius 3 is 1.90 bits per heavy atom. The summed E-state index contributed by atoms with van der Waals surface area (Å²) < 4.78 is 0. The molecule has 104 valence electrons. The van der Waals surface area contributed by atoms with E-state index in [9.17, 15) is 0 Å². The van der Waals surface area contributed by atoms with Gasteiger partial charge in [0.1, 0.15) is 0 Å². The molecule has 0 aliphatic carbocycles. The minimum absolute atomic E-state index is 0.0869. The maximum absolute atomic E-state index is 6.05. The Labute approximate surface area is 125 Å². The topological polar surface area (TPSA) is 38.9 Å². The first-order valence-corrected chi connectivity index (χ1v) is 7.12. The van der Waals surface area contributed by atoms with Crippen molar-refractivity contribution in [1.29, 1.82) is 0 Å². The number of nitrogens with two attached hydrogens (primary N) is 1. The Balaban J connectivity index is 2.16. The molecule has 0 amide bonds. The van der Waals surface area contributed by atoms with Crippen LogP contribution in [0.25, 0.3) is 22.4 Å². The predicted molar refractivity (Wildman–Crippen MR) is 87.7 cm³/mol. The molecule has 0 fully saturated rings. The minimum atomic E-state index is -0.0869. The van der Waals surface area contributed by atoms with E-state index in [0.29, 0.717) is 0 Å². The third-order valence-corrected chi connectivity index (χ3v) is 3.49. The Morgan fingerprint density at radius 2 is 1.33 bits per heavy atom. The molecule has 2 nitrogen and oxygen atoms in total. The molecule has 21 heavy (non-hydrogen) atoms. The van der Waals surface area contributed by atoms with Gasteiger partial charge in [-0.05, 0) is 30.2 Å². The predicted octanol–water partition coefficient (Wildman–Crippen LogP) is 4.44. The quantitative estimate of drug-likeness (QED) is 0.767. The van der Waals surface area contributed by atoms with Crippen molar-refractivity contribution in [2.24, 2.45) is 5.73 Å². The third-order valence-electron chi connectivity index (χ3n) is 3.49. The van der Waals surface area contributed by atoms with Crippen LogP contribution < -0.4 is 5.73 Å². The smallest absolute Gasteiger partial charge is 0.0712 e. The molecule has 1 atom stereocenters. The monoisotopic (exact) mass is 274 g/mol. The van der Waals surface area contributed by atoms with Crippen molar-refractivity contribution in [3.63, 3.8) is 0 Å². The molecule has 0 aliphatic rings. The van der Waals surface area contributed by atoms with Crippen molar-refractivity contribution in [2.75, 3.05) is 0 Å². The van der Waals surface area contributed by atoms with Gasteiger partial charge in [0.15, 0.2) is 0 Å². The average Bonchev–Trinajstić information content (AvgIpc) is 2.56. The van der Waals surface area contributed by atoms with Gasteiger partial charge in [0, 0.05) is 11.6 Å². The molecule has 0 aliphatic heterocycles. The van der Waals surface area contributed by atoms with Gasteiger partial charge >= 0.3 is 0 Å². The van der Waals surface area contributed by atoms with Crippen molar-refractivity contribution in [2.45, 2.75) is 13.0 Å². The fourth-order valence-electron chi connectivity index (χ4n) is 2.34. The van der Waals surface area contributed by atoms with Crippen LogP contribution >= 0.6 is 0 Å². The number of hydrogen-bond donors (Lipinski definition) is 1. The first-order valence-electron chi connectivity index (χ1n) is 7.12. The van der Waals surface area contributed by atoms with Crippen LogP contribution in [-0.4, -0.2) is 4.98 Å². The summed E-state index contributed by atoms with van der Waals surface area (Å²) in [5.41, 5.74) is 11.4. The summed E-state index contributed by atoms with van der Waals surface area (Å²) in [5, 5.41) is 0. The molecule has 1 heterocycles. The SMILES string of the molecule is CC(N)c1cc(-c2ccccc2)cc(-c2ccccc2)n1. The summed E-state index contributed by atoms with van der Waals surface area (Å²) in [4.78, 5) is 4.70. The molecule has 0 saturated heterocycles. The van der Waals surface area contributed by atoms with Crippen LogP contribution in [0.2, 0.25) is 0 Å². The lowest BCUT2D eigenvalue weighted by molar-refractivity contribution is 0.783. The summed E-state index contributed by atoms with van der Waals surface area (Å²) in [6.45, 7) is 1.96. The highest BCUT2D eigenvalue weighted by Gasteiger charge is 2.09. The molecule has 2 aromatic carbocycles. The molecule has 2 N–H and O–H groups in total. The van der Waals surface area contributed by atoms with Gasteiger partial charge in [0.05, 0.1) is 11.4 Å². The second-order valence-corrected chi connectivity index (χ2v) is 5.19. The van der Waals surface area contributed by atoms with E-state index >= 15 is 0 Å². The van der Waals surface area contributed by atoms with E-state index in [-0.39, 0.29) is 6.04 Å². The van der Waals surface area contributed by atoms with Gasteiger partial charge in [-0.2, -0.15) is 0 Å². The van der Waals surface area contributed by atoms with E-state index in [2.05, 4.69) is 36.4 Å². The highest BCUT2D eigenvalue weighted by Crippen LogP contribution is 2.27. The number of aromatic nitrogens is 1. The number of nitrogens with zero attached hydrogens (tertiary/aromatic N) is 1. The molecule has 3 rings (SSSR count). The van der Waals surface area contributed by atoms with Crippen molar-refractivity contribution < 1.29 is 0 Å². The van der Waals surface area contributed by atoms with Crippen LogP contribution in [-0.2, 0) is 0 Å². The molecule has 2 heteroatoms. The number of hydrogen-bond acceptors (Lipinski definition) is 2. The third kappa shape index (κ3) is 3.01. The number of rotatable bonds is 3. The average molecular weight is 274 g/mol. The fraction of sp³-hybridized carbons (Fsp3) is 0.105. The summed E-state index contributed by atoms with van der Waals surface area (Å²) in [5.74, 6) is 0. The Morgan fingerprint density at radius 1 is 0.762 bits per heavy atom. The lowest BCUT2D eigenvalue weighted by atomic mass is 10.0. The highest BCUT2D eigenvalue weighted by molar-refractivity contribution is 5.71. The van der Waals surface area contributed by atoms with Crippen molar-refractivity contribution in [3.8, 4) is 22.4 Å². The molecule has 0 spiro atoms. The highest BCUT2D eigenvalue weighted by atomic mass is 14.8. The van der Waals surface area contributed by atoms with Gasteiger partial charge in [-0.3, -0.25) is 4.98 Å². The van der Waals surface area contributed by atoms with Crippen LogP contribution in [0.3, 0.4) is 0 Å². The fourth-order valence-corrected chi connectivity index (χ4v) is 2.34. The molecule has 0 saturated carbocycles. The zero-order valence-corrected chi connectivity index (χ0v) is 12.0. The number of benzene rings is 2. The molecule has 1 aromatic heterocycles. The van der Waals surface area contributed by atoms with Crippen molar-refractivity contribution in [3.05, 3.63) is 78.5 Å². The minimum Gasteiger partial charge on any atom is -0.323 e. The van der Waals surface area contributed by atoms with Gasteiger partial charge < -0.3 is 5.73 Å². The van der Waals surface area contributed by atoms with E-state index in [1.54, 1.807) is 0 Å². The normalized spacial score (nSPS) is 12.1. The van der Waals surface area contributed by atoms with Crippen LogP contribution in [0.5, 0.6) is 0 Å². The van der Waals surface area contributed by atoms with Gasteiger partial charge in [-0.25, -0.2) is 0 Å². The van der Waals surface area contributed by atoms with Gasteiger partial charge in [0.25, 0.3) is 0 Å². The molecule has 1 unspecified atom stereocenters. The largest absolute Gasteiger partial charge is 0.323 e. The van der Waals surface area contributed by atoms with Crippen molar-refractivity contribution >= 4 is 0 Å². The van der Waals surface area contributed by atoms with Crippen LogP contribution in [0.15, 0.2) is 72.8 Å². The van der Waals surface area contributed by atoms with E-state index < -0.39 is 0 Å². The van der Waals surface area contributed by atoms with E-state index in [4.69, 9.17) is 10.7 Å². The second-order valence-electron chi connectivity index (χ2n) is 5.19. The zero-order valence-electron chi connectivity index (χ0n) is 12.0. The maximum Gasteiger partial charge on any atom is 0.0712 e. The van der Waals surface area contributed by atoms with Gasteiger partial charge in [0.2, 0.25) is 0 Å². The maximum atomic E-state index is 6.05.